The maximum atomic E-state index is 9.68. The molecule has 4 nitrogen and oxygen atoms in total. The highest BCUT2D eigenvalue weighted by Crippen LogP contribution is 2.37. The van der Waals surface area contributed by atoms with Crippen molar-refractivity contribution in [3.63, 3.8) is 0 Å². The maximum absolute atomic E-state index is 9.68. The first-order valence-electron chi connectivity index (χ1n) is 8.33. The van der Waals surface area contributed by atoms with Crippen molar-refractivity contribution < 1.29 is 5.11 Å². The van der Waals surface area contributed by atoms with Crippen molar-refractivity contribution in [3.05, 3.63) is 90.0 Å². The molecule has 0 atom stereocenters. The third-order valence-corrected chi connectivity index (χ3v) is 4.32. The summed E-state index contributed by atoms with van der Waals surface area (Å²) in [6.07, 6.45) is 0. The molecule has 0 aliphatic carbocycles. The average molecular weight is 333 g/mol. The Morgan fingerprint density at radius 2 is 1.20 bits per heavy atom. The third kappa shape index (κ3) is 3.59. The predicted octanol–water partition coefficient (Wildman–Crippen LogP) is 3.44. The molecule has 0 radical (unpaired) electrons. The summed E-state index contributed by atoms with van der Waals surface area (Å²) in [5.41, 5.74) is 16.9. The number of rotatable bonds is 6. The van der Waals surface area contributed by atoms with E-state index in [4.69, 9.17) is 11.5 Å². The number of aliphatic hydroxyl groups is 1. The highest BCUT2D eigenvalue weighted by Gasteiger charge is 2.25. The average Bonchev–Trinajstić information content (AvgIpc) is 2.65. The van der Waals surface area contributed by atoms with Gasteiger partial charge in [0, 0.05) is 34.7 Å². The van der Waals surface area contributed by atoms with E-state index >= 15 is 0 Å². The minimum Gasteiger partial charge on any atom is -0.398 e. The number of hydrogen-bond acceptors (Lipinski definition) is 4. The van der Waals surface area contributed by atoms with Gasteiger partial charge in [0.15, 0.2) is 0 Å². The molecule has 3 aromatic rings. The maximum Gasteiger partial charge on any atom is 0.0836 e. The van der Waals surface area contributed by atoms with Crippen LogP contribution in [0, 0.1) is 0 Å². The summed E-state index contributed by atoms with van der Waals surface area (Å²) in [5.74, 6) is 0. The van der Waals surface area contributed by atoms with Gasteiger partial charge in [0.05, 0.1) is 12.6 Å². The number of anilines is 3. The van der Waals surface area contributed by atoms with Crippen molar-refractivity contribution in [3.8, 4) is 0 Å². The second-order valence-electron chi connectivity index (χ2n) is 5.91. The van der Waals surface area contributed by atoms with Crippen LogP contribution >= 0.6 is 0 Å². The Balaban J connectivity index is 2.19. The third-order valence-electron chi connectivity index (χ3n) is 4.32. The molecule has 0 spiro atoms. The van der Waals surface area contributed by atoms with Gasteiger partial charge in [-0.05, 0) is 24.3 Å². The van der Waals surface area contributed by atoms with Crippen molar-refractivity contribution in [2.24, 2.45) is 0 Å². The number of benzene rings is 3. The molecule has 0 aromatic heterocycles. The van der Waals surface area contributed by atoms with Crippen molar-refractivity contribution in [1.29, 1.82) is 0 Å². The molecule has 128 valence electrons. The van der Waals surface area contributed by atoms with E-state index in [0.29, 0.717) is 17.9 Å². The molecule has 0 saturated carbocycles. The molecule has 25 heavy (non-hydrogen) atoms. The van der Waals surface area contributed by atoms with Gasteiger partial charge in [0.25, 0.3) is 0 Å². The van der Waals surface area contributed by atoms with E-state index in [2.05, 4.69) is 4.90 Å². The number of nitrogen functional groups attached to an aromatic ring is 2. The molecule has 3 rings (SSSR count). The first kappa shape index (κ1) is 16.9. The number of nitrogens with two attached hydrogens (primary N) is 2. The molecule has 0 aliphatic heterocycles. The van der Waals surface area contributed by atoms with Gasteiger partial charge in [-0.2, -0.15) is 0 Å². The van der Waals surface area contributed by atoms with E-state index in [1.807, 2.05) is 78.9 Å². The monoisotopic (exact) mass is 333 g/mol. The van der Waals surface area contributed by atoms with Crippen LogP contribution < -0.4 is 16.4 Å². The zero-order chi connectivity index (χ0) is 17.6. The molecule has 0 heterocycles. The van der Waals surface area contributed by atoms with Crippen molar-refractivity contribution in [2.45, 2.75) is 6.04 Å². The van der Waals surface area contributed by atoms with E-state index in [1.165, 1.54) is 0 Å². The summed E-state index contributed by atoms with van der Waals surface area (Å²) < 4.78 is 0. The summed E-state index contributed by atoms with van der Waals surface area (Å²) in [6, 6.07) is 25.4. The minimum atomic E-state index is -0.183. The van der Waals surface area contributed by atoms with E-state index in [0.717, 1.165) is 16.8 Å². The Morgan fingerprint density at radius 3 is 1.68 bits per heavy atom. The smallest absolute Gasteiger partial charge is 0.0836 e. The molecule has 3 aromatic carbocycles. The quantitative estimate of drug-likeness (QED) is 0.604. The van der Waals surface area contributed by atoms with Crippen LogP contribution in [0.4, 0.5) is 17.1 Å². The zero-order valence-electron chi connectivity index (χ0n) is 14.0. The fourth-order valence-corrected chi connectivity index (χ4v) is 3.16. The van der Waals surface area contributed by atoms with Crippen molar-refractivity contribution in [1.82, 2.24) is 0 Å². The van der Waals surface area contributed by atoms with Gasteiger partial charge in [-0.15, -0.1) is 0 Å². The topological polar surface area (TPSA) is 75.5 Å². The SMILES string of the molecule is Nc1ccccc1C(c1ccccc1N)N(CCO)c1ccccc1. The highest BCUT2D eigenvalue weighted by molar-refractivity contribution is 5.63. The molecular weight excluding hydrogens is 310 g/mol. The summed E-state index contributed by atoms with van der Waals surface area (Å²) >= 11 is 0. The molecule has 0 fully saturated rings. The zero-order valence-corrected chi connectivity index (χ0v) is 14.0. The molecule has 5 N–H and O–H groups in total. The first-order chi connectivity index (χ1) is 12.2. The Labute approximate surface area is 148 Å². The molecule has 0 amide bonds. The van der Waals surface area contributed by atoms with Gasteiger partial charge >= 0.3 is 0 Å². The summed E-state index contributed by atoms with van der Waals surface area (Å²) in [6.45, 7) is 0.502. The van der Waals surface area contributed by atoms with E-state index in [1.54, 1.807) is 0 Å². The molecular formula is C21H23N3O. The summed E-state index contributed by atoms with van der Waals surface area (Å²) in [4.78, 5) is 2.14. The lowest BCUT2D eigenvalue weighted by Crippen LogP contribution is -2.33. The van der Waals surface area contributed by atoms with Crippen LogP contribution in [-0.2, 0) is 0 Å². The van der Waals surface area contributed by atoms with Crippen molar-refractivity contribution in [2.75, 3.05) is 29.5 Å². The van der Waals surface area contributed by atoms with Crippen LogP contribution in [-0.4, -0.2) is 18.3 Å². The van der Waals surface area contributed by atoms with Crippen LogP contribution in [0.5, 0.6) is 0 Å². The van der Waals surface area contributed by atoms with Gasteiger partial charge in [-0.25, -0.2) is 0 Å². The van der Waals surface area contributed by atoms with Gasteiger partial charge in [0.2, 0.25) is 0 Å². The standard InChI is InChI=1S/C21H23N3O/c22-19-12-6-4-10-17(19)21(18-11-5-7-13-20(18)23)24(14-15-25)16-8-2-1-3-9-16/h1-13,21,25H,14-15,22-23H2. The largest absolute Gasteiger partial charge is 0.398 e. The number of aliphatic hydroxyl groups excluding tert-OH is 1. The molecule has 0 unspecified atom stereocenters. The fraction of sp³-hybridized carbons (Fsp3) is 0.143. The summed E-state index contributed by atoms with van der Waals surface area (Å²) in [7, 11) is 0. The van der Waals surface area contributed by atoms with Gasteiger partial charge in [-0.3, -0.25) is 0 Å². The van der Waals surface area contributed by atoms with Crippen LogP contribution in [0.2, 0.25) is 0 Å². The number of hydrogen-bond donors (Lipinski definition) is 3. The molecule has 0 aliphatic rings. The minimum absolute atomic E-state index is 0.0326. The highest BCUT2D eigenvalue weighted by atomic mass is 16.3. The first-order valence-corrected chi connectivity index (χ1v) is 8.33. The lowest BCUT2D eigenvalue weighted by Gasteiger charge is -2.35. The van der Waals surface area contributed by atoms with Gasteiger partial charge in [-0.1, -0.05) is 54.6 Å². The predicted molar refractivity (Wildman–Crippen MR) is 104 cm³/mol. The van der Waals surface area contributed by atoms with Gasteiger partial charge < -0.3 is 21.5 Å². The second kappa shape index (κ2) is 7.73. The number of para-hydroxylation sites is 3. The summed E-state index contributed by atoms with van der Waals surface area (Å²) in [5, 5.41) is 9.68. The Hall–Kier alpha value is -2.98. The van der Waals surface area contributed by atoms with E-state index in [9.17, 15) is 5.11 Å². The molecule has 0 bridgehead atoms. The van der Waals surface area contributed by atoms with E-state index in [-0.39, 0.29) is 12.6 Å². The van der Waals surface area contributed by atoms with E-state index < -0.39 is 0 Å². The van der Waals surface area contributed by atoms with Crippen LogP contribution in [0.3, 0.4) is 0 Å². The normalized spacial score (nSPS) is 10.8. The molecule has 4 heteroatoms. The lowest BCUT2D eigenvalue weighted by atomic mass is 9.93. The van der Waals surface area contributed by atoms with Crippen LogP contribution in [0.15, 0.2) is 78.9 Å². The second-order valence-corrected chi connectivity index (χ2v) is 5.91. The van der Waals surface area contributed by atoms with Crippen LogP contribution in [0.25, 0.3) is 0 Å². The lowest BCUT2D eigenvalue weighted by molar-refractivity contribution is 0.299. The fourth-order valence-electron chi connectivity index (χ4n) is 3.16. The van der Waals surface area contributed by atoms with Crippen LogP contribution in [0.1, 0.15) is 17.2 Å². The van der Waals surface area contributed by atoms with Gasteiger partial charge in [0.1, 0.15) is 0 Å². The Kier molecular flexibility index (Phi) is 5.21. The number of nitrogens with zero attached hydrogens (tertiary/aromatic N) is 1. The Morgan fingerprint density at radius 1 is 0.720 bits per heavy atom. The molecule has 0 saturated heterocycles. The van der Waals surface area contributed by atoms with Crippen molar-refractivity contribution >= 4 is 17.1 Å². The Bertz CT molecular complexity index is 775.